The van der Waals surface area contributed by atoms with Crippen LogP contribution >= 0.6 is 11.6 Å². The van der Waals surface area contributed by atoms with Crippen LogP contribution in [0.15, 0.2) is 54.2 Å². The van der Waals surface area contributed by atoms with E-state index in [0.29, 0.717) is 6.54 Å². The number of nitriles is 1. The van der Waals surface area contributed by atoms with Crippen LogP contribution in [0.25, 0.3) is 0 Å². The molecule has 0 radical (unpaired) electrons. The highest BCUT2D eigenvalue weighted by molar-refractivity contribution is 6.34. The van der Waals surface area contributed by atoms with Gasteiger partial charge in [-0.2, -0.15) is 5.26 Å². The van der Waals surface area contributed by atoms with E-state index < -0.39 is 10.8 Å². The minimum atomic E-state index is -0.706. The molecule has 2 aromatic carbocycles. The summed E-state index contributed by atoms with van der Waals surface area (Å²) < 4.78 is 0. The Labute approximate surface area is 161 Å². The number of nitrogens with one attached hydrogen (secondary N) is 2. The number of hydrogen-bond acceptors (Lipinski definition) is 5. The number of carbonyl (C=O) groups excluding carboxylic acids is 1. The van der Waals surface area contributed by atoms with Crippen molar-refractivity contribution in [2.24, 2.45) is 0 Å². The number of carbonyl (C=O) groups is 1. The molecule has 0 aliphatic heterocycles. The van der Waals surface area contributed by atoms with Crippen LogP contribution in [-0.4, -0.2) is 17.4 Å². The number of halogens is 1. The average molecular weight is 385 g/mol. The fourth-order valence-corrected chi connectivity index (χ4v) is 2.48. The summed E-state index contributed by atoms with van der Waals surface area (Å²) in [4.78, 5) is 22.4. The molecule has 0 saturated carbocycles. The zero-order chi connectivity index (χ0) is 19.8. The van der Waals surface area contributed by atoms with Gasteiger partial charge in [0.25, 0.3) is 11.6 Å². The molecule has 0 atom stereocenters. The SMILES string of the molecule is Cc1cccc(CCN/C=C(/C#N)C(=O)Nc2cc([N+](=O)[O-])ccc2Cl)c1. The molecule has 138 valence electrons. The highest BCUT2D eigenvalue weighted by Crippen LogP contribution is 2.26. The topological polar surface area (TPSA) is 108 Å². The van der Waals surface area contributed by atoms with Crippen molar-refractivity contribution in [3.05, 3.63) is 80.5 Å². The minimum Gasteiger partial charge on any atom is -0.389 e. The molecule has 27 heavy (non-hydrogen) atoms. The molecule has 0 aliphatic rings. The maximum atomic E-state index is 12.2. The maximum Gasteiger partial charge on any atom is 0.271 e. The third kappa shape index (κ3) is 5.83. The van der Waals surface area contributed by atoms with E-state index in [0.717, 1.165) is 23.6 Å². The summed E-state index contributed by atoms with van der Waals surface area (Å²) >= 11 is 5.94. The van der Waals surface area contributed by atoms with Crippen LogP contribution in [-0.2, 0) is 11.2 Å². The van der Waals surface area contributed by atoms with Gasteiger partial charge in [-0.25, -0.2) is 0 Å². The molecular formula is C19H17ClN4O3. The number of nitrogens with zero attached hydrogens (tertiary/aromatic N) is 2. The number of rotatable bonds is 7. The van der Waals surface area contributed by atoms with E-state index in [1.165, 1.54) is 18.3 Å². The van der Waals surface area contributed by atoms with E-state index in [2.05, 4.69) is 16.7 Å². The molecule has 0 unspecified atom stereocenters. The van der Waals surface area contributed by atoms with Crippen LogP contribution in [0.3, 0.4) is 0 Å². The second kappa shape index (κ2) is 9.36. The van der Waals surface area contributed by atoms with Gasteiger partial charge in [-0.1, -0.05) is 41.4 Å². The molecule has 0 fully saturated rings. The first-order valence-electron chi connectivity index (χ1n) is 8.05. The number of hydrogen-bond donors (Lipinski definition) is 2. The Hall–Kier alpha value is -3.37. The normalized spacial score (nSPS) is 10.8. The summed E-state index contributed by atoms with van der Waals surface area (Å²) in [6.45, 7) is 2.55. The van der Waals surface area contributed by atoms with Crippen LogP contribution < -0.4 is 10.6 Å². The van der Waals surface area contributed by atoms with Crippen LogP contribution in [0, 0.1) is 28.4 Å². The number of benzene rings is 2. The Balaban J connectivity index is 1.99. The number of anilines is 1. The third-order valence-electron chi connectivity index (χ3n) is 3.66. The molecule has 8 heteroatoms. The highest BCUT2D eigenvalue weighted by Gasteiger charge is 2.14. The van der Waals surface area contributed by atoms with Gasteiger partial charge < -0.3 is 10.6 Å². The van der Waals surface area contributed by atoms with Crippen LogP contribution in [0.1, 0.15) is 11.1 Å². The van der Waals surface area contributed by atoms with Gasteiger partial charge in [-0.15, -0.1) is 0 Å². The maximum absolute atomic E-state index is 12.2. The lowest BCUT2D eigenvalue weighted by atomic mass is 10.1. The van der Waals surface area contributed by atoms with Crippen molar-refractivity contribution >= 4 is 28.9 Å². The van der Waals surface area contributed by atoms with Gasteiger partial charge in [0, 0.05) is 24.9 Å². The third-order valence-corrected chi connectivity index (χ3v) is 3.99. The van der Waals surface area contributed by atoms with Gasteiger partial charge in [-0.05, 0) is 25.0 Å². The Kier molecular flexibility index (Phi) is 6.92. The average Bonchev–Trinajstić information content (AvgIpc) is 2.63. The molecule has 2 rings (SSSR count). The lowest BCUT2D eigenvalue weighted by molar-refractivity contribution is -0.384. The van der Waals surface area contributed by atoms with Gasteiger partial charge >= 0.3 is 0 Å². The molecular weight excluding hydrogens is 368 g/mol. The molecule has 1 amide bonds. The van der Waals surface area contributed by atoms with E-state index in [1.54, 1.807) is 6.07 Å². The molecule has 0 saturated heterocycles. The molecule has 0 bridgehead atoms. The van der Waals surface area contributed by atoms with Crippen LogP contribution in [0.2, 0.25) is 5.02 Å². The fraction of sp³-hybridized carbons (Fsp3) is 0.158. The first kappa shape index (κ1) is 19.9. The van der Waals surface area contributed by atoms with Crippen LogP contribution in [0.4, 0.5) is 11.4 Å². The van der Waals surface area contributed by atoms with E-state index in [9.17, 15) is 20.2 Å². The quantitative estimate of drug-likeness (QED) is 0.248. The lowest BCUT2D eigenvalue weighted by Crippen LogP contribution is -2.18. The second-order valence-corrected chi connectivity index (χ2v) is 6.15. The van der Waals surface area contributed by atoms with Crippen molar-refractivity contribution in [3.63, 3.8) is 0 Å². The largest absolute Gasteiger partial charge is 0.389 e. The van der Waals surface area contributed by atoms with Crippen molar-refractivity contribution in [1.29, 1.82) is 5.26 Å². The highest BCUT2D eigenvalue weighted by atomic mass is 35.5. The van der Waals surface area contributed by atoms with Crippen molar-refractivity contribution < 1.29 is 9.72 Å². The molecule has 0 spiro atoms. The molecule has 2 N–H and O–H groups in total. The predicted octanol–water partition coefficient (Wildman–Crippen LogP) is 3.73. The van der Waals surface area contributed by atoms with Gasteiger partial charge in [-0.3, -0.25) is 14.9 Å². The van der Waals surface area contributed by atoms with E-state index >= 15 is 0 Å². The summed E-state index contributed by atoms with van der Waals surface area (Å²) in [6, 6.07) is 13.5. The van der Waals surface area contributed by atoms with Gasteiger partial charge in [0.2, 0.25) is 0 Å². The van der Waals surface area contributed by atoms with Gasteiger partial charge in [0.1, 0.15) is 11.6 Å². The Morgan fingerprint density at radius 1 is 1.33 bits per heavy atom. The van der Waals surface area contributed by atoms with E-state index in [-0.39, 0.29) is 22.0 Å². The van der Waals surface area contributed by atoms with Gasteiger partial charge in [0.05, 0.1) is 15.6 Å². The lowest BCUT2D eigenvalue weighted by Gasteiger charge is -2.07. The smallest absolute Gasteiger partial charge is 0.271 e. The van der Waals surface area contributed by atoms with Crippen molar-refractivity contribution in [2.75, 3.05) is 11.9 Å². The minimum absolute atomic E-state index is 0.0665. The molecule has 0 heterocycles. The monoisotopic (exact) mass is 384 g/mol. The number of non-ortho nitro benzene ring substituents is 1. The Bertz CT molecular complexity index is 935. The summed E-state index contributed by atoms with van der Waals surface area (Å²) in [7, 11) is 0. The van der Waals surface area contributed by atoms with Gasteiger partial charge in [0.15, 0.2) is 0 Å². The predicted molar refractivity (Wildman–Crippen MR) is 103 cm³/mol. The number of aryl methyl sites for hydroxylation is 1. The molecule has 2 aromatic rings. The zero-order valence-electron chi connectivity index (χ0n) is 14.5. The summed E-state index contributed by atoms with van der Waals surface area (Å²) in [5.41, 5.74) is 1.99. The Morgan fingerprint density at radius 3 is 2.78 bits per heavy atom. The van der Waals surface area contributed by atoms with Crippen molar-refractivity contribution in [1.82, 2.24) is 5.32 Å². The summed E-state index contributed by atoms with van der Waals surface area (Å²) in [5, 5.41) is 25.5. The number of nitro groups is 1. The summed E-state index contributed by atoms with van der Waals surface area (Å²) in [5.74, 6) is -0.706. The number of amides is 1. The standard InChI is InChI=1S/C19H17ClN4O3/c1-13-3-2-4-14(9-13)7-8-22-12-15(11-21)19(25)23-18-10-16(24(26)27)5-6-17(18)20/h2-6,9-10,12,22H,7-8H2,1H3,(H,23,25)/b15-12-. The first-order valence-corrected chi connectivity index (χ1v) is 8.43. The fourth-order valence-electron chi connectivity index (χ4n) is 2.32. The zero-order valence-corrected chi connectivity index (χ0v) is 15.3. The Morgan fingerprint density at radius 2 is 2.11 bits per heavy atom. The molecule has 0 aromatic heterocycles. The molecule has 0 aliphatic carbocycles. The van der Waals surface area contributed by atoms with E-state index in [1.807, 2.05) is 25.1 Å². The first-order chi connectivity index (χ1) is 12.9. The number of nitro benzene ring substituents is 1. The van der Waals surface area contributed by atoms with E-state index in [4.69, 9.17) is 11.6 Å². The van der Waals surface area contributed by atoms with Crippen molar-refractivity contribution in [3.8, 4) is 6.07 Å². The summed E-state index contributed by atoms with van der Waals surface area (Å²) in [6.07, 6.45) is 2.05. The van der Waals surface area contributed by atoms with Crippen molar-refractivity contribution in [2.45, 2.75) is 13.3 Å². The second-order valence-electron chi connectivity index (χ2n) is 5.74. The van der Waals surface area contributed by atoms with Crippen LogP contribution in [0.5, 0.6) is 0 Å². The molecule has 7 nitrogen and oxygen atoms in total.